The number of likely N-dealkylation sites (tertiary alicyclic amines) is 1. The van der Waals surface area contributed by atoms with E-state index < -0.39 is 0 Å². The molecule has 0 aromatic heterocycles. The lowest BCUT2D eigenvalue weighted by Crippen LogP contribution is -2.44. The molecule has 1 heterocycles. The van der Waals surface area contributed by atoms with Gasteiger partial charge in [0.15, 0.2) is 0 Å². The molecule has 1 rings (SSSR count). The predicted molar refractivity (Wildman–Crippen MR) is 72.8 cm³/mol. The van der Waals surface area contributed by atoms with E-state index >= 15 is 0 Å². The number of carbonyl (C=O) groups is 1. The highest BCUT2D eigenvalue weighted by atomic mass is 16.2. The summed E-state index contributed by atoms with van der Waals surface area (Å²) in [5.41, 5.74) is -0.220. The third-order valence-electron chi connectivity index (χ3n) is 4.20. The van der Waals surface area contributed by atoms with Gasteiger partial charge >= 0.3 is 0 Å². The number of unbranched alkanes of at least 4 members (excludes halogenated alkanes) is 1. The van der Waals surface area contributed by atoms with Gasteiger partial charge in [-0.2, -0.15) is 5.26 Å². The van der Waals surface area contributed by atoms with Gasteiger partial charge < -0.3 is 4.90 Å². The first kappa shape index (κ1) is 15.0. The average Bonchev–Trinajstić information content (AvgIpc) is 2.40. The van der Waals surface area contributed by atoms with E-state index in [1.807, 2.05) is 11.8 Å². The predicted octanol–water partition coefficient (Wildman–Crippen LogP) is 3.36. The topological polar surface area (TPSA) is 44.1 Å². The van der Waals surface area contributed by atoms with Crippen LogP contribution in [0, 0.1) is 22.7 Å². The maximum absolute atomic E-state index is 12.4. The van der Waals surface area contributed by atoms with Crippen molar-refractivity contribution < 1.29 is 4.79 Å². The molecule has 0 aromatic carbocycles. The fourth-order valence-corrected chi connectivity index (χ4v) is 2.54. The van der Waals surface area contributed by atoms with Crippen molar-refractivity contribution >= 4 is 5.91 Å². The van der Waals surface area contributed by atoms with Gasteiger partial charge in [-0.25, -0.2) is 0 Å². The zero-order valence-electron chi connectivity index (χ0n) is 12.0. The summed E-state index contributed by atoms with van der Waals surface area (Å²) < 4.78 is 0. The van der Waals surface area contributed by atoms with Crippen molar-refractivity contribution in [3.63, 3.8) is 0 Å². The molecular formula is C15H26N2O. The first-order chi connectivity index (χ1) is 8.56. The van der Waals surface area contributed by atoms with Gasteiger partial charge in [0.25, 0.3) is 0 Å². The lowest BCUT2D eigenvalue weighted by molar-refractivity contribution is -0.137. The van der Waals surface area contributed by atoms with Gasteiger partial charge in [0.2, 0.25) is 5.91 Å². The van der Waals surface area contributed by atoms with Gasteiger partial charge in [-0.1, -0.05) is 26.7 Å². The normalized spacial score (nSPS) is 20.2. The van der Waals surface area contributed by atoms with Gasteiger partial charge in [0.05, 0.1) is 11.5 Å². The second-order valence-electron chi connectivity index (χ2n) is 5.75. The summed E-state index contributed by atoms with van der Waals surface area (Å²) in [7, 11) is 0. The Morgan fingerprint density at radius 1 is 1.39 bits per heavy atom. The zero-order chi connectivity index (χ0) is 13.6. The summed E-state index contributed by atoms with van der Waals surface area (Å²) in [6.45, 7) is 7.78. The van der Waals surface area contributed by atoms with Crippen molar-refractivity contribution in [1.82, 2.24) is 4.90 Å². The Bertz CT molecular complexity index is 311. The number of carbonyl (C=O) groups excluding carboxylic acids is 1. The monoisotopic (exact) mass is 250 g/mol. The van der Waals surface area contributed by atoms with Crippen LogP contribution >= 0.6 is 0 Å². The highest BCUT2D eigenvalue weighted by Crippen LogP contribution is 2.31. The lowest BCUT2D eigenvalue weighted by atomic mass is 9.81. The molecule has 1 saturated heterocycles. The van der Waals surface area contributed by atoms with Crippen LogP contribution in [0.5, 0.6) is 0 Å². The average molecular weight is 250 g/mol. The summed E-state index contributed by atoms with van der Waals surface area (Å²) in [6, 6.07) is 2.38. The number of nitrogens with zero attached hydrogens (tertiary/aromatic N) is 2. The molecule has 1 atom stereocenters. The van der Waals surface area contributed by atoms with Gasteiger partial charge in [-0.15, -0.1) is 0 Å². The van der Waals surface area contributed by atoms with E-state index in [0.717, 1.165) is 51.6 Å². The minimum Gasteiger partial charge on any atom is -0.342 e. The second kappa shape index (κ2) is 6.78. The Balaban J connectivity index is 2.51. The number of piperidine rings is 1. The molecule has 1 aliphatic rings. The molecule has 102 valence electrons. The van der Waals surface area contributed by atoms with Crippen LogP contribution in [0.15, 0.2) is 0 Å². The van der Waals surface area contributed by atoms with Gasteiger partial charge in [0, 0.05) is 19.0 Å². The molecule has 0 bridgehead atoms. The van der Waals surface area contributed by atoms with Crippen molar-refractivity contribution in [2.45, 2.75) is 59.3 Å². The van der Waals surface area contributed by atoms with Crippen LogP contribution in [-0.4, -0.2) is 23.9 Å². The van der Waals surface area contributed by atoms with Crippen molar-refractivity contribution in [1.29, 1.82) is 5.26 Å². The Labute approximate surface area is 111 Å². The van der Waals surface area contributed by atoms with Crippen LogP contribution in [0.2, 0.25) is 0 Å². The van der Waals surface area contributed by atoms with Crippen LogP contribution < -0.4 is 0 Å². The maximum atomic E-state index is 12.4. The van der Waals surface area contributed by atoms with Crippen molar-refractivity contribution in [3.8, 4) is 6.07 Å². The Morgan fingerprint density at radius 2 is 2.00 bits per heavy atom. The number of rotatable bonds is 5. The molecular weight excluding hydrogens is 224 g/mol. The number of amides is 1. The molecule has 1 unspecified atom stereocenters. The fourth-order valence-electron chi connectivity index (χ4n) is 2.54. The first-order valence-electron chi connectivity index (χ1n) is 7.26. The Kier molecular flexibility index (Phi) is 5.65. The Morgan fingerprint density at radius 3 is 2.44 bits per heavy atom. The Hall–Kier alpha value is -1.04. The van der Waals surface area contributed by atoms with Crippen molar-refractivity contribution in [2.24, 2.45) is 11.3 Å². The molecule has 0 saturated carbocycles. The number of hydrogen-bond acceptors (Lipinski definition) is 2. The van der Waals surface area contributed by atoms with Crippen LogP contribution in [-0.2, 0) is 4.79 Å². The van der Waals surface area contributed by atoms with Gasteiger partial charge in [-0.3, -0.25) is 4.79 Å². The summed E-state index contributed by atoms with van der Waals surface area (Å²) in [6.07, 6.45) is 5.87. The summed E-state index contributed by atoms with van der Waals surface area (Å²) in [5, 5.41) is 9.09. The largest absolute Gasteiger partial charge is 0.342 e. The molecule has 0 N–H and O–H groups in total. The second-order valence-corrected chi connectivity index (χ2v) is 5.75. The van der Waals surface area contributed by atoms with E-state index in [1.54, 1.807) is 0 Å². The molecule has 1 fully saturated rings. The molecule has 0 aliphatic carbocycles. The van der Waals surface area contributed by atoms with Crippen LogP contribution in [0.25, 0.3) is 0 Å². The molecule has 3 nitrogen and oxygen atoms in total. The number of nitriles is 1. The minimum atomic E-state index is -0.220. The van der Waals surface area contributed by atoms with Crippen LogP contribution in [0.1, 0.15) is 59.3 Å². The molecule has 1 amide bonds. The zero-order valence-corrected chi connectivity index (χ0v) is 12.0. The SMILES string of the molecule is CCCCC(CC)C(=O)N1CCC(C)(C#N)CC1. The first-order valence-corrected chi connectivity index (χ1v) is 7.26. The number of hydrogen-bond donors (Lipinski definition) is 0. The van der Waals surface area contributed by atoms with E-state index in [-0.39, 0.29) is 11.3 Å². The van der Waals surface area contributed by atoms with Crippen LogP contribution in [0.4, 0.5) is 0 Å². The van der Waals surface area contributed by atoms with Crippen molar-refractivity contribution in [3.05, 3.63) is 0 Å². The molecule has 0 aromatic rings. The smallest absolute Gasteiger partial charge is 0.225 e. The highest BCUT2D eigenvalue weighted by molar-refractivity contribution is 5.78. The maximum Gasteiger partial charge on any atom is 0.225 e. The summed E-state index contributed by atoms with van der Waals surface area (Å²) in [4.78, 5) is 14.4. The van der Waals surface area contributed by atoms with E-state index in [4.69, 9.17) is 5.26 Å². The standard InChI is InChI=1S/C15H26N2O/c1-4-6-7-13(5-2)14(18)17-10-8-15(3,12-16)9-11-17/h13H,4-11H2,1-3H3. The van der Waals surface area contributed by atoms with E-state index in [9.17, 15) is 4.79 Å². The molecule has 18 heavy (non-hydrogen) atoms. The minimum absolute atomic E-state index is 0.191. The molecule has 1 aliphatic heterocycles. The van der Waals surface area contributed by atoms with Crippen LogP contribution in [0.3, 0.4) is 0 Å². The van der Waals surface area contributed by atoms with Gasteiger partial charge in [-0.05, 0) is 32.6 Å². The quantitative estimate of drug-likeness (QED) is 0.751. The molecule has 0 spiro atoms. The summed E-state index contributed by atoms with van der Waals surface area (Å²) >= 11 is 0. The molecule has 0 radical (unpaired) electrons. The lowest BCUT2D eigenvalue weighted by Gasteiger charge is -2.36. The van der Waals surface area contributed by atoms with Crippen molar-refractivity contribution in [2.75, 3.05) is 13.1 Å². The fraction of sp³-hybridized carbons (Fsp3) is 0.867. The molecule has 3 heteroatoms. The highest BCUT2D eigenvalue weighted by Gasteiger charge is 2.33. The van der Waals surface area contributed by atoms with E-state index in [0.29, 0.717) is 5.91 Å². The van der Waals surface area contributed by atoms with Gasteiger partial charge in [0.1, 0.15) is 0 Å². The van der Waals surface area contributed by atoms with E-state index in [2.05, 4.69) is 19.9 Å². The third kappa shape index (κ3) is 3.73. The van der Waals surface area contributed by atoms with E-state index in [1.165, 1.54) is 0 Å². The third-order valence-corrected chi connectivity index (χ3v) is 4.20. The summed E-state index contributed by atoms with van der Waals surface area (Å²) in [5.74, 6) is 0.502.